The van der Waals surface area contributed by atoms with Crippen molar-refractivity contribution in [3.05, 3.63) is 110 Å². The molecule has 0 bridgehead atoms. The van der Waals surface area contributed by atoms with Crippen LogP contribution >= 0.6 is 0 Å². The molecule has 0 aliphatic rings. The number of fused-ring (bicyclic) bond motifs is 3. The number of carboxylic acids is 2. The maximum Gasteiger partial charge on any atom is 0.320 e. The average molecular weight is 655 g/mol. The highest BCUT2D eigenvalue weighted by Gasteiger charge is 2.24. The SMILES string of the molecule is Cc1ccc2[nH]c(C)c(CC(N)C(=O)O)c2c1.Cc1ccc2[nH]c(C)c(CC(N)C(=O)O)c2c1[N+](=O)[O-].Cc1ccc2[nH]c(C)cc2c1. The van der Waals surface area contributed by atoms with E-state index in [9.17, 15) is 19.7 Å². The number of nitrogens with two attached hydrogens (primary N) is 2. The van der Waals surface area contributed by atoms with Crippen LogP contribution in [0.1, 0.15) is 44.9 Å². The van der Waals surface area contributed by atoms with Crippen LogP contribution in [-0.4, -0.2) is 54.1 Å². The van der Waals surface area contributed by atoms with Crippen LogP contribution in [0.2, 0.25) is 0 Å². The van der Waals surface area contributed by atoms with Crippen LogP contribution in [0.15, 0.2) is 54.6 Å². The first-order valence-electron chi connectivity index (χ1n) is 15.4. The van der Waals surface area contributed by atoms with Crippen molar-refractivity contribution in [2.45, 2.75) is 66.5 Å². The molecule has 0 aliphatic carbocycles. The van der Waals surface area contributed by atoms with Gasteiger partial charge in [0.25, 0.3) is 5.69 Å². The third-order valence-corrected chi connectivity index (χ3v) is 8.31. The van der Waals surface area contributed by atoms with Crippen LogP contribution in [0, 0.1) is 51.7 Å². The lowest BCUT2D eigenvalue weighted by Gasteiger charge is -2.07. The number of aromatic nitrogens is 3. The van der Waals surface area contributed by atoms with Gasteiger partial charge in [0.1, 0.15) is 12.1 Å². The summed E-state index contributed by atoms with van der Waals surface area (Å²) in [7, 11) is 0. The van der Waals surface area contributed by atoms with Gasteiger partial charge in [0.15, 0.2) is 0 Å². The predicted octanol–water partition coefficient (Wildman–Crippen LogP) is 6.17. The van der Waals surface area contributed by atoms with E-state index in [4.69, 9.17) is 21.7 Å². The van der Waals surface area contributed by atoms with E-state index in [1.807, 2.05) is 26.0 Å². The lowest BCUT2D eigenvalue weighted by atomic mass is 10.00. The normalized spacial score (nSPS) is 12.2. The molecule has 0 saturated carbocycles. The number of aryl methyl sites for hydroxylation is 6. The van der Waals surface area contributed by atoms with Gasteiger partial charge in [0, 0.05) is 51.9 Å². The number of carbonyl (C=O) groups is 2. The fraction of sp³-hybridized carbons (Fsp3) is 0.278. The van der Waals surface area contributed by atoms with Gasteiger partial charge in [-0.2, -0.15) is 0 Å². The number of nitro benzene ring substituents is 1. The van der Waals surface area contributed by atoms with Crippen LogP contribution in [0.4, 0.5) is 5.69 Å². The first kappa shape index (κ1) is 35.4. The molecule has 48 heavy (non-hydrogen) atoms. The van der Waals surface area contributed by atoms with Gasteiger partial charge >= 0.3 is 11.9 Å². The summed E-state index contributed by atoms with van der Waals surface area (Å²) in [6.45, 7) is 11.6. The summed E-state index contributed by atoms with van der Waals surface area (Å²) in [5.74, 6) is -2.10. The lowest BCUT2D eigenvalue weighted by Crippen LogP contribution is -2.32. The lowest BCUT2D eigenvalue weighted by molar-refractivity contribution is -0.383. The zero-order valence-electron chi connectivity index (χ0n) is 27.9. The number of nitrogens with zero attached hydrogens (tertiary/aromatic N) is 1. The Morgan fingerprint density at radius 2 is 1.25 bits per heavy atom. The second-order valence-electron chi connectivity index (χ2n) is 12.3. The van der Waals surface area contributed by atoms with Crippen LogP contribution in [-0.2, 0) is 22.4 Å². The number of nitro groups is 1. The summed E-state index contributed by atoms with van der Waals surface area (Å²) in [6.07, 6.45) is 0.399. The molecule has 252 valence electrons. The van der Waals surface area contributed by atoms with Gasteiger partial charge in [-0.1, -0.05) is 29.3 Å². The van der Waals surface area contributed by atoms with Crippen molar-refractivity contribution in [1.29, 1.82) is 0 Å². The third kappa shape index (κ3) is 7.91. The van der Waals surface area contributed by atoms with E-state index in [1.54, 1.807) is 26.0 Å². The number of benzene rings is 3. The van der Waals surface area contributed by atoms with Gasteiger partial charge in [-0.3, -0.25) is 19.7 Å². The Morgan fingerprint density at radius 3 is 1.85 bits per heavy atom. The Kier molecular flexibility index (Phi) is 10.7. The minimum absolute atomic E-state index is 0.000520. The molecule has 2 atom stereocenters. The highest BCUT2D eigenvalue weighted by atomic mass is 16.6. The van der Waals surface area contributed by atoms with Crippen LogP contribution in [0.3, 0.4) is 0 Å². The molecule has 3 aromatic carbocycles. The molecule has 3 aromatic heterocycles. The summed E-state index contributed by atoms with van der Waals surface area (Å²) in [4.78, 5) is 42.1. The standard InChI is InChI=1S/C13H15N3O4.C13H16N2O2.C10H11N/c1-6-3-4-10-11(12(6)16(19)20)8(7(2)15-10)5-9(14)13(17)18;1-7-3-4-12-10(5-7)9(8(2)15-12)6-11(14)13(16)17;1-7-3-4-10-9(5-7)6-8(2)11-10/h3-4,9,15H,5,14H2,1-2H3,(H,17,18);3-5,11,15H,6,14H2,1-2H3,(H,16,17);3-6,11H,1-2H3. The number of H-pyrrole nitrogens is 3. The molecule has 3 heterocycles. The van der Waals surface area contributed by atoms with Gasteiger partial charge in [0.05, 0.1) is 15.8 Å². The number of hydrogen-bond acceptors (Lipinski definition) is 6. The smallest absolute Gasteiger partial charge is 0.320 e. The topological polar surface area (TPSA) is 217 Å². The summed E-state index contributed by atoms with van der Waals surface area (Å²) < 4.78 is 0. The molecule has 2 unspecified atom stereocenters. The van der Waals surface area contributed by atoms with Gasteiger partial charge in [-0.05, 0) is 94.5 Å². The highest BCUT2D eigenvalue weighted by Crippen LogP contribution is 2.34. The van der Waals surface area contributed by atoms with Gasteiger partial charge in [-0.25, -0.2) is 0 Å². The van der Waals surface area contributed by atoms with E-state index in [2.05, 4.69) is 59.1 Å². The Labute approximate surface area is 277 Å². The molecule has 0 radical (unpaired) electrons. The minimum atomic E-state index is -1.13. The van der Waals surface area contributed by atoms with E-state index < -0.39 is 28.9 Å². The number of aliphatic carboxylic acids is 2. The second-order valence-corrected chi connectivity index (χ2v) is 12.3. The Balaban J connectivity index is 0.000000169. The van der Waals surface area contributed by atoms with Crippen molar-refractivity contribution < 1.29 is 24.7 Å². The zero-order chi connectivity index (χ0) is 35.4. The minimum Gasteiger partial charge on any atom is -0.480 e. The summed E-state index contributed by atoms with van der Waals surface area (Å²) in [6, 6.07) is 16.2. The first-order valence-corrected chi connectivity index (χ1v) is 15.4. The van der Waals surface area contributed by atoms with E-state index in [1.165, 1.54) is 22.2 Å². The number of aromatic amines is 3. The number of rotatable bonds is 7. The van der Waals surface area contributed by atoms with E-state index in [0.29, 0.717) is 34.1 Å². The first-order chi connectivity index (χ1) is 22.6. The van der Waals surface area contributed by atoms with Crippen molar-refractivity contribution in [3.63, 3.8) is 0 Å². The summed E-state index contributed by atoms with van der Waals surface area (Å²) in [5, 5.41) is 31.9. The zero-order valence-corrected chi connectivity index (χ0v) is 27.9. The summed E-state index contributed by atoms with van der Waals surface area (Å²) >= 11 is 0. The van der Waals surface area contributed by atoms with Crippen molar-refractivity contribution in [3.8, 4) is 0 Å². The maximum atomic E-state index is 11.3. The Bertz CT molecular complexity index is 2140. The Morgan fingerprint density at radius 1 is 0.729 bits per heavy atom. The number of nitrogens with one attached hydrogen (secondary N) is 3. The average Bonchev–Trinajstić information content (AvgIpc) is 3.64. The molecule has 6 aromatic rings. The van der Waals surface area contributed by atoms with Crippen molar-refractivity contribution in [2.24, 2.45) is 11.5 Å². The molecule has 0 saturated heterocycles. The fourth-order valence-electron chi connectivity index (χ4n) is 5.83. The van der Waals surface area contributed by atoms with Gasteiger partial charge in [0.2, 0.25) is 0 Å². The monoisotopic (exact) mass is 654 g/mol. The molecule has 12 heteroatoms. The Hall–Kier alpha value is -5.46. The van der Waals surface area contributed by atoms with Crippen molar-refractivity contribution in [2.75, 3.05) is 0 Å². The molecule has 9 N–H and O–H groups in total. The van der Waals surface area contributed by atoms with Gasteiger partial charge in [-0.15, -0.1) is 0 Å². The highest BCUT2D eigenvalue weighted by molar-refractivity contribution is 5.95. The van der Waals surface area contributed by atoms with Crippen LogP contribution in [0.5, 0.6) is 0 Å². The van der Waals surface area contributed by atoms with E-state index in [-0.39, 0.29) is 12.1 Å². The third-order valence-electron chi connectivity index (χ3n) is 8.31. The molecular formula is C36H42N6O6. The van der Waals surface area contributed by atoms with Crippen LogP contribution < -0.4 is 11.5 Å². The molecule has 0 fully saturated rings. The van der Waals surface area contributed by atoms with E-state index >= 15 is 0 Å². The van der Waals surface area contributed by atoms with Crippen molar-refractivity contribution >= 4 is 50.3 Å². The van der Waals surface area contributed by atoms with Crippen LogP contribution in [0.25, 0.3) is 32.7 Å². The molecule has 6 rings (SSSR count). The van der Waals surface area contributed by atoms with Crippen molar-refractivity contribution in [1.82, 2.24) is 15.0 Å². The molecule has 0 spiro atoms. The fourth-order valence-corrected chi connectivity index (χ4v) is 5.83. The molecule has 0 aliphatic heterocycles. The second kappa shape index (κ2) is 14.5. The molecule has 12 nitrogen and oxygen atoms in total. The van der Waals surface area contributed by atoms with Gasteiger partial charge < -0.3 is 36.6 Å². The molecular weight excluding hydrogens is 612 g/mol. The predicted molar refractivity (Wildman–Crippen MR) is 189 cm³/mol. The summed E-state index contributed by atoms with van der Waals surface area (Å²) in [5.41, 5.74) is 21.5. The maximum absolute atomic E-state index is 11.3. The molecule has 0 amide bonds. The van der Waals surface area contributed by atoms with E-state index in [0.717, 1.165) is 27.7 Å². The number of carboxylic acid groups (broad SMARTS) is 2. The quantitative estimate of drug-likeness (QED) is 0.0778. The largest absolute Gasteiger partial charge is 0.480 e. The number of hydrogen-bond donors (Lipinski definition) is 7.